The van der Waals surface area contributed by atoms with Crippen molar-refractivity contribution in [3.05, 3.63) is 47.2 Å². The summed E-state index contributed by atoms with van der Waals surface area (Å²) in [6.45, 7) is 1.64. The Morgan fingerprint density at radius 2 is 1.76 bits per heavy atom. The molecule has 220 valence electrons. The molecule has 2 atom stereocenters. The molecule has 0 aliphatic heterocycles. The Morgan fingerprint density at radius 1 is 1.05 bits per heavy atom. The molecule has 2 N–H and O–H groups in total. The van der Waals surface area contributed by atoms with Crippen LogP contribution < -0.4 is 10.6 Å². The van der Waals surface area contributed by atoms with Gasteiger partial charge in [0.2, 0.25) is 17.8 Å². The standard InChI is InChI=1S/C28H32F4N6O3/c1-15-20(14-41-37-15)26(40)36-25(18-4-6-27(29,30)7-5-18)21-13-38-22(34-21)9-19(12-33-38)24(17-2-3-17)35-23(39)8-16-10-28(31,32)11-16/h9,12-14,16-18,24-25H,2-8,10-11H2,1H3,(H,35,39)(H,36,40)/t24-,25+/m1/s1. The number of aryl methyl sites for hydroxylation is 1. The summed E-state index contributed by atoms with van der Waals surface area (Å²) in [6, 6.07) is 0.862. The van der Waals surface area contributed by atoms with Gasteiger partial charge in [0, 0.05) is 32.1 Å². The minimum Gasteiger partial charge on any atom is -0.364 e. The first kappa shape index (κ1) is 27.6. The molecule has 2 amide bonds. The Bertz CT molecular complexity index is 1430. The van der Waals surface area contributed by atoms with Crippen LogP contribution in [0.25, 0.3) is 5.65 Å². The van der Waals surface area contributed by atoms with Crippen molar-refractivity contribution in [3.8, 4) is 0 Å². The van der Waals surface area contributed by atoms with Gasteiger partial charge in [-0.3, -0.25) is 9.59 Å². The number of hydrogen-bond donors (Lipinski definition) is 2. The molecule has 0 spiro atoms. The summed E-state index contributed by atoms with van der Waals surface area (Å²) in [6.07, 6.45) is 5.88. The van der Waals surface area contributed by atoms with E-state index in [1.165, 1.54) is 6.26 Å². The molecule has 3 heterocycles. The highest BCUT2D eigenvalue weighted by Crippen LogP contribution is 2.45. The van der Waals surface area contributed by atoms with Gasteiger partial charge >= 0.3 is 0 Å². The Balaban J connectivity index is 1.23. The van der Waals surface area contributed by atoms with E-state index in [0.29, 0.717) is 17.0 Å². The van der Waals surface area contributed by atoms with Gasteiger partial charge in [0.25, 0.3) is 5.91 Å². The second-order valence-electron chi connectivity index (χ2n) is 11.9. The average molecular weight is 577 g/mol. The molecule has 6 rings (SSSR count). The number of halogens is 4. The lowest BCUT2D eigenvalue weighted by atomic mass is 9.79. The topological polar surface area (TPSA) is 114 Å². The molecule has 3 aliphatic carbocycles. The second-order valence-corrected chi connectivity index (χ2v) is 11.9. The number of carbonyl (C=O) groups is 2. The van der Waals surface area contributed by atoms with E-state index in [4.69, 9.17) is 9.51 Å². The molecule has 3 aliphatic rings. The van der Waals surface area contributed by atoms with Gasteiger partial charge in [0.05, 0.1) is 35.9 Å². The molecule has 3 fully saturated rings. The third-order valence-corrected chi connectivity index (χ3v) is 8.61. The number of imidazole rings is 1. The third-order valence-electron chi connectivity index (χ3n) is 8.61. The third kappa shape index (κ3) is 6.08. The maximum Gasteiger partial charge on any atom is 0.257 e. The molecular weight excluding hydrogens is 544 g/mol. The molecule has 0 aromatic carbocycles. The number of nitrogens with one attached hydrogen (secondary N) is 2. The molecule has 0 saturated heterocycles. The number of hydrogen-bond acceptors (Lipinski definition) is 6. The number of rotatable bonds is 9. The molecular formula is C28H32F4N6O3. The Labute approximate surface area is 233 Å². The smallest absolute Gasteiger partial charge is 0.257 e. The van der Waals surface area contributed by atoms with Crippen molar-refractivity contribution in [2.75, 3.05) is 0 Å². The van der Waals surface area contributed by atoms with Crippen molar-refractivity contribution in [3.63, 3.8) is 0 Å². The molecule has 3 aromatic rings. The Kier molecular flexibility index (Phi) is 7.01. The number of nitrogens with zero attached hydrogens (tertiary/aromatic N) is 4. The van der Waals surface area contributed by atoms with Crippen molar-refractivity contribution < 1.29 is 31.7 Å². The van der Waals surface area contributed by atoms with E-state index in [2.05, 4.69) is 20.9 Å². The lowest BCUT2D eigenvalue weighted by Gasteiger charge is -2.34. The van der Waals surface area contributed by atoms with E-state index in [9.17, 15) is 27.2 Å². The van der Waals surface area contributed by atoms with E-state index in [1.807, 2.05) is 6.07 Å². The van der Waals surface area contributed by atoms with Crippen LogP contribution in [0.3, 0.4) is 0 Å². The summed E-state index contributed by atoms with van der Waals surface area (Å²) in [5.74, 6) is -6.44. The first-order valence-corrected chi connectivity index (χ1v) is 14.1. The lowest BCUT2D eigenvalue weighted by molar-refractivity contribution is -0.134. The van der Waals surface area contributed by atoms with E-state index < -0.39 is 23.8 Å². The highest BCUT2D eigenvalue weighted by Gasteiger charge is 2.46. The van der Waals surface area contributed by atoms with Crippen molar-refractivity contribution >= 4 is 17.5 Å². The predicted octanol–water partition coefficient (Wildman–Crippen LogP) is 5.33. The van der Waals surface area contributed by atoms with E-state index >= 15 is 0 Å². The minimum atomic E-state index is -2.73. The Hall–Kier alpha value is -3.51. The van der Waals surface area contributed by atoms with Gasteiger partial charge in [-0.25, -0.2) is 27.1 Å². The Morgan fingerprint density at radius 3 is 2.39 bits per heavy atom. The molecule has 13 heteroatoms. The van der Waals surface area contributed by atoms with Gasteiger partial charge < -0.3 is 15.2 Å². The summed E-state index contributed by atoms with van der Waals surface area (Å²) in [4.78, 5) is 30.5. The first-order chi connectivity index (χ1) is 19.5. The summed E-state index contributed by atoms with van der Waals surface area (Å²) in [5, 5.41) is 14.2. The van der Waals surface area contributed by atoms with Gasteiger partial charge in [0.15, 0.2) is 5.65 Å². The minimum absolute atomic E-state index is 0.0650. The van der Waals surface area contributed by atoms with Crippen LogP contribution in [-0.4, -0.2) is 43.4 Å². The zero-order chi connectivity index (χ0) is 28.9. The predicted molar refractivity (Wildman–Crippen MR) is 137 cm³/mol. The summed E-state index contributed by atoms with van der Waals surface area (Å²) in [5.41, 5.74) is 2.40. The largest absolute Gasteiger partial charge is 0.364 e. The number of fused-ring (bicyclic) bond motifs is 1. The highest BCUT2D eigenvalue weighted by atomic mass is 19.3. The fourth-order valence-corrected chi connectivity index (χ4v) is 6.11. The molecule has 0 bridgehead atoms. The van der Waals surface area contributed by atoms with Gasteiger partial charge in [-0.05, 0) is 62.0 Å². The number of amides is 2. The molecule has 3 saturated carbocycles. The zero-order valence-electron chi connectivity index (χ0n) is 22.6. The maximum absolute atomic E-state index is 14.0. The van der Waals surface area contributed by atoms with Crippen LogP contribution in [0.1, 0.15) is 97.2 Å². The van der Waals surface area contributed by atoms with Crippen LogP contribution in [-0.2, 0) is 4.79 Å². The fraction of sp³-hybridized carbons (Fsp3) is 0.607. The fourth-order valence-electron chi connectivity index (χ4n) is 6.11. The van der Waals surface area contributed by atoms with E-state index in [0.717, 1.165) is 18.4 Å². The first-order valence-electron chi connectivity index (χ1n) is 14.1. The van der Waals surface area contributed by atoms with Crippen molar-refractivity contribution in [2.24, 2.45) is 17.8 Å². The normalized spacial score (nSPS) is 22.2. The van der Waals surface area contributed by atoms with Crippen LogP contribution in [0.2, 0.25) is 0 Å². The molecule has 0 radical (unpaired) electrons. The van der Waals surface area contributed by atoms with Crippen LogP contribution in [0.5, 0.6) is 0 Å². The van der Waals surface area contributed by atoms with E-state index in [1.54, 1.807) is 23.8 Å². The van der Waals surface area contributed by atoms with Crippen molar-refractivity contribution in [1.29, 1.82) is 0 Å². The van der Waals surface area contributed by atoms with Crippen molar-refractivity contribution in [2.45, 2.75) is 88.6 Å². The van der Waals surface area contributed by atoms with Crippen LogP contribution in [0.4, 0.5) is 17.6 Å². The molecule has 3 aromatic heterocycles. The van der Waals surface area contributed by atoms with E-state index in [-0.39, 0.29) is 80.2 Å². The van der Waals surface area contributed by atoms with Crippen LogP contribution in [0, 0.1) is 24.7 Å². The quantitative estimate of drug-likeness (QED) is 0.333. The zero-order valence-corrected chi connectivity index (χ0v) is 22.6. The molecule has 0 unspecified atom stereocenters. The monoisotopic (exact) mass is 576 g/mol. The van der Waals surface area contributed by atoms with Gasteiger partial charge in [0.1, 0.15) is 11.8 Å². The second kappa shape index (κ2) is 10.4. The molecule has 41 heavy (non-hydrogen) atoms. The molecule has 9 nitrogen and oxygen atoms in total. The van der Waals surface area contributed by atoms with Crippen molar-refractivity contribution in [1.82, 2.24) is 30.4 Å². The average Bonchev–Trinajstić information content (AvgIpc) is 3.50. The highest BCUT2D eigenvalue weighted by molar-refractivity contribution is 5.95. The van der Waals surface area contributed by atoms with Gasteiger partial charge in [-0.2, -0.15) is 5.10 Å². The lowest BCUT2D eigenvalue weighted by Crippen LogP contribution is -2.39. The van der Waals surface area contributed by atoms with Crippen LogP contribution >= 0.6 is 0 Å². The number of alkyl halides is 4. The summed E-state index contributed by atoms with van der Waals surface area (Å²) < 4.78 is 60.8. The SMILES string of the molecule is Cc1nocc1C(=O)N[C@H](c1cn2ncc([C@H](NC(=O)CC3CC(F)(F)C3)C3CC3)cc2n1)C1CCC(F)(F)CC1. The van der Waals surface area contributed by atoms with Gasteiger partial charge in [-0.15, -0.1) is 0 Å². The summed E-state index contributed by atoms with van der Waals surface area (Å²) >= 11 is 0. The summed E-state index contributed by atoms with van der Waals surface area (Å²) in [7, 11) is 0. The number of aromatic nitrogens is 4. The maximum atomic E-state index is 14.0. The van der Waals surface area contributed by atoms with Gasteiger partial charge in [-0.1, -0.05) is 5.16 Å². The van der Waals surface area contributed by atoms with Crippen LogP contribution in [0.15, 0.2) is 29.2 Å². The number of carbonyl (C=O) groups excluding carboxylic acids is 2.